The number of nitrogens with one attached hydrogen (secondary N) is 1. The summed E-state index contributed by atoms with van der Waals surface area (Å²) in [5.74, 6) is 0.154. The minimum absolute atomic E-state index is 0.0105. The van der Waals surface area contributed by atoms with Crippen LogP contribution < -0.4 is 10.1 Å². The van der Waals surface area contributed by atoms with Crippen LogP contribution in [0.1, 0.15) is 47.3 Å². The molecule has 1 heterocycles. The lowest BCUT2D eigenvalue weighted by Gasteiger charge is -2.20. The highest BCUT2D eigenvalue weighted by atomic mass is 35.5. The molecule has 0 unspecified atom stereocenters. The first kappa shape index (κ1) is 22.6. The average molecular weight is 463 g/mol. The zero-order valence-electron chi connectivity index (χ0n) is 18.8. The lowest BCUT2D eigenvalue weighted by molar-refractivity contribution is 0.0600. The maximum atomic E-state index is 11.9. The second-order valence-electron chi connectivity index (χ2n) is 8.46. The molecule has 2 aromatic carbocycles. The predicted molar refractivity (Wildman–Crippen MR) is 126 cm³/mol. The number of benzene rings is 2. The smallest absolute Gasteiger partial charge is 0.339 e. The van der Waals surface area contributed by atoms with Gasteiger partial charge >= 0.3 is 5.97 Å². The molecule has 1 aromatic heterocycles. The number of rotatable bonds is 5. The van der Waals surface area contributed by atoms with Crippen LogP contribution in [0.25, 0.3) is 11.3 Å². The summed E-state index contributed by atoms with van der Waals surface area (Å²) in [6, 6.07) is 11.2. The Morgan fingerprint density at radius 3 is 2.73 bits per heavy atom. The minimum Gasteiger partial charge on any atom is -0.495 e. The van der Waals surface area contributed by atoms with Crippen LogP contribution >= 0.6 is 11.6 Å². The molecule has 0 radical (unpaired) electrons. The van der Waals surface area contributed by atoms with Gasteiger partial charge in [-0.25, -0.2) is 14.8 Å². The molecule has 0 saturated carbocycles. The molecule has 33 heavy (non-hydrogen) atoms. The quantitative estimate of drug-likeness (QED) is 0.504. The van der Waals surface area contributed by atoms with Crippen LogP contribution in [0.15, 0.2) is 36.5 Å². The van der Waals surface area contributed by atoms with Crippen LogP contribution in [0.3, 0.4) is 0 Å². The molecule has 7 nitrogen and oxygen atoms in total. The van der Waals surface area contributed by atoms with Crippen molar-refractivity contribution in [2.75, 3.05) is 19.5 Å². The van der Waals surface area contributed by atoms with E-state index < -0.39 is 5.97 Å². The van der Waals surface area contributed by atoms with Crippen LogP contribution in [0.2, 0.25) is 5.02 Å². The summed E-state index contributed by atoms with van der Waals surface area (Å²) in [4.78, 5) is 20.9. The van der Waals surface area contributed by atoms with Crippen LogP contribution in [0.4, 0.5) is 11.6 Å². The molecule has 0 atom stereocenters. The van der Waals surface area contributed by atoms with Crippen molar-refractivity contribution in [2.24, 2.45) is 0 Å². The van der Waals surface area contributed by atoms with Gasteiger partial charge in [-0.05, 0) is 59.7 Å². The summed E-state index contributed by atoms with van der Waals surface area (Å²) in [5, 5.41) is 13.0. The van der Waals surface area contributed by atoms with Crippen molar-refractivity contribution in [1.29, 1.82) is 5.26 Å². The molecule has 0 bridgehead atoms. The first-order valence-corrected chi connectivity index (χ1v) is 10.8. The zero-order chi connectivity index (χ0) is 23.8. The first-order chi connectivity index (χ1) is 15.8. The highest BCUT2D eigenvalue weighted by Crippen LogP contribution is 2.42. The number of nitriles is 1. The molecule has 0 saturated heterocycles. The van der Waals surface area contributed by atoms with E-state index in [2.05, 4.69) is 41.3 Å². The fourth-order valence-corrected chi connectivity index (χ4v) is 4.39. The molecule has 0 spiro atoms. The predicted octanol–water partition coefficient (Wildman–Crippen LogP) is 5.43. The number of methoxy groups -OCH3 is 2. The average Bonchev–Trinajstić information content (AvgIpc) is 3.13. The Morgan fingerprint density at radius 2 is 2.03 bits per heavy atom. The number of nitrogens with zero attached hydrogens (tertiary/aromatic N) is 3. The summed E-state index contributed by atoms with van der Waals surface area (Å²) in [6.45, 7) is 4.40. The van der Waals surface area contributed by atoms with E-state index in [1.54, 1.807) is 18.3 Å². The lowest BCUT2D eigenvalue weighted by atomic mass is 9.84. The van der Waals surface area contributed by atoms with Gasteiger partial charge in [-0.3, -0.25) is 0 Å². The summed E-state index contributed by atoms with van der Waals surface area (Å²) >= 11 is 6.27. The monoisotopic (exact) mass is 462 g/mol. The molecule has 0 aliphatic heterocycles. The first-order valence-electron chi connectivity index (χ1n) is 10.4. The Bertz CT molecular complexity index is 1300. The van der Waals surface area contributed by atoms with Crippen LogP contribution in [0, 0.1) is 11.3 Å². The third kappa shape index (κ3) is 4.22. The van der Waals surface area contributed by atoms with E-state index >= 15 is 0 Å². The third-order valence-corrected chi connectivity index (χ3v) is 6.30. The van der Waals surface area contributed by atoms with Crippen molar-refractivity contribution in [2.45, 2.75) is 32.1 Å². The Hall–Kier alpha value is -3.63. The standard InChI is InChI=1S/C25H23ClN4O3/c1-25(2)7-5-16-15(13-27)9-14(10-18(16)25)20-6-8-28-24(29-20)30-21-12-19(26)17(23(31)33-4)11-22(21)32-3/h6,8-12H,5,7H2,1-4H3,(H,28,29,30). The fourth-order valence-electron chi connectivity index (χ4n) is 4.15. The van der Waals surface area contributed by atoms with Gasteiger partial charge < -0.3 is 14.8 Å². The number of hydrogen-bond acceptors (Lipinski definition) is 7. The fraction of sp³-hybridized carbons (Fsp3) is 0.280. The second kappa shape index (κ2) is 8.72. The molecule has 4 rings (SSSR count). The summed E-state index contributed by atoms with van der Waals surface area (Å²) in [5.41, 5.74) is 5.26. The van der Waals surface area contributed by atoms with Crippen molar-refractivity contribution in [3.63, 3.8) is 0 Å². The second-order valence-corrected chi connectivity index (χ2v) is 8.87. The molecular formula is C25H23ClN4O3. The Balaban J connectivity index is 1.72. The zero-order valence-corrected chi connectivity index (χ0v) is 19.6. The molecule has 1 N–H and O–H groups in total. The molecule has 0 fully saturated rings. The van der Waals surface area contributed by atoms with Gasteiger partial charge in [0.05, 0.1) is 47.8 Å². The molecule has 1 aliphatic carbocycles. The number of anilines is 2. The van der Waals surface area contributed by atoms with E-state index in [1.807, 2.05) is 6.07 Å². The minimum atomic E-state index is -0.559. The van der Waals surface area contributed by atoms with Gasteiger partial charge in [0.25, 0.3) is 0 Å². The van der Waals surface area contributed by atoms with Gasteiger partial charge in [0.1, 0.15) is 5.75 Å². The third-order valence-electron chi connectivity index (χ3n) is 5.99. The van der Waals surface area contributed by atoms with Crippen molar-refractivity contribution >= 4 is 29.2 Å². The number of carbonyl (C=O) groups excluding carboxylic acids is 1. The van der Waals surface area contributed by atoms with E-state index in [0.717, 1.165) is 24.0 Å². The number of ether oxygens (including phenoxy) is 2. The van der Waals surface area contributed by atoms with Crippen LogP contribution in [0.5, 0.6) is 5.75 Å². The van der Waals surface area contributed by atoms with Gasteiger partial charge in [0.2, 0.25) is 5.95 Å². The van der Waals surface area contributed by atoms with Gasteiger partial charge in [0, 0.05) is 11.8 Å². The van der Waals surface area contributed by atoms with E-state index in [0.29, 0.717) is 28.6 Å². The maximum absolute atomic E-state index is 11.9. The molecule has 8 heteroatoms. The van der Waals surface area contributed by atoms with Gasteiger partial charge in [-0.2, -0.15) is 5.26 Å². The Labute approximate surface area is 197 Å². The molecule has 0 amide bonds. The van der Waals surface area contributed by atoms with Gasteiger partial charge in [-0.15, -0.1) is 0 Å². The van der Waals surface area contributed by atoms with Crippen LogP contribution in [-0.2, 0) is 16.6 Å². The highest BCUT2D eigenvalue weighted by Gasteiger charge is 2.32. The number of halogens is 1. The topological polar surface area (TPSA) is 97.1 Å². The largest absolute Gasteiger partial charge is 0.495 e. The van der Waals surface area contributed by atoms with E-state index in [-0.39, 0.29) is 16.0 Å². The van der Waals surface area contributed by atoms with E-state index in [4.69, 9.17) is 21.1 Å². The molecule has 168 valence electrons. The van der Waals surface area contributed by atoms with Gasteiger partial charge in [0.15, 0.2) is 0 Å². The van der Waals surface area contributed by atoms with Gasteiger partial charge in [-0.1, -0.05) is 25.4 Å². The highest BCUT2D eigenvalue weighted by molar-refractivity contribution is 6.34. The number of aromatic nitrogens is 2. The van der Waals surface area contributed by atoms with E-state index in [1.165, 1.54) is 25.8 Å². The lowest BCUT2D eigenvalue weighted by Crippen LogP contribution is -2.12. The Morgan fingerprint density at radius 1 is 1.24 bits per heavy atom. The molecular weight excluding hydrogens is 440 g/mol. The van der Waals surface area contributed by atoms with Crippen LogP contribution in [-0.4, -0.2) is 30.2 Å². The SMILES string of the molecule is COC(=O)c1cc(OC)c(Nc2nccc(-c3cc(C#N)c4c(c3)C(C)(C)CC4)n2)cc1Cl. The summed E-state index contributed by atoms with van der Waals surface area (Å²) < 4.78 is 10.2. The molecule has 1 aliphatic rings. The number of carbonyl (C=O) groups is 1. The van der Waals surface area contributed by atoms with Crippen molar-refractivity contribution in [3.05, 3.63) is 63.8 Å². The Kier molecular flexibility index (Phi) is 5.96. The summed E-state index contributed by atoms with van der Waals surface area (Å²) in [7, 11) is 2.77. The van der Waals surface area contributed by atoms with Crippen molar-refractivity contribution < 1.29 is 14.3 Å². The number of fused-ring (bicyclic) bond motifs is 1. The van der Waals surface area contributed by atoms with Crippen molar-refractivity contribution in [3.8, 4) is 23.1 Å². The molecule has 3 aromatic rings. The summed E-state index contributed by atoms with van der Waals surface area (Å²) in [6.07, 6.45) is 3.56. The normalized spacial score (nSPS) is 13.7. The van der Waals surface area contributed by atoms with Crippen molar-refractivity contribution in [1.82, 2.24) is 9.97 Å². The maximum Gasteiger partial charge on any atom is 0.339 e. The number of esters is 1. The number of hydrogen-bond donors (Lipinski definition) is 1. The van der Waals surface area contributed by atoms with E-state index in [9.17, 15) is 10.1 Å².